The van der Waals surface area contributed by atoms with Gasteiger partial charge in [-0.05, 0) is 43.0 Å². The molecule has 0 saturated carbocycles. The van der Waals surface area contributed by atoms with Crippen molar-refractivity contribution >= 4 is 21.6 Å². The molecule has 0 bridgehead atoms. The van der Waals surface area contributed by atoms with Gasteiger partial charge in [0.15, 0.2) is 0 Å². The molecule has 27 heavy (non-hydrogen) atoms. The van der Waals surface area contributed by atoms with Gasteiger partial charge in [0.2, 0.25) is 10.0 Å². The van der Waals surface area contributed by atoms with Crippen LogP contribution in [0.2, 0.25) is 5.02 Å². The number of benzene rings is 2. The van der Waals surface area contributed by atoms with Gasteiger partial charge >= 0.3 is 0 Å². The van der Waals surface area contributed by atoms with Crippen molar-refractivity contribution in [2.45, 2.75) is 32.0 Å². The van der Waals surface area contributed by atoms with Crippen LogP contribution in [0, 0.1) is 6.92 Å². The van der Waals surface area contributed by atoms with Crippen LogP contribution in [0.3, 0.4) is 0 Å². The summed E-state index contributed by atoms with van der Waals surface area (Å²) in [5.41, 5.74) is 1.67. The van der Waals surface area contributed by atoms with Crippen molar-refractivity contribution in [3.63, 3.8) is 0 Å². The van der Waals surface area contributed by atoms with Crippen LogP contribution in [-0.2, 0) is 10.0 Å². The van der Waals surface area contributed by atoms with Gasteiger partial charge in [0, 0.05) is 13.1 Å². The van der Waals surface area contributed by atoms with Crippen LogP contribution >= 0.6 is 11.6 Å². The van der Waals surface area contributed by atoms with E-state index in [2.05, 4.69) is 0 Å². The highest BCUT2D eigenvalue weighted by Crippen LogP contribution is 2.29. The van der Waals surface area contributed by atoms with Gasteiger partial charge in [-0.25, -0.2) is 12.7 Å². The van der Waals surface area contributed by atoms with E-state index in [0.29, 0.717) is 42.3 Å². The molecule has 146 valence electrons. The zero-order chi connectivity index (χ0) is 19.4. The molecule has 0 spiro atoms. The minimum Gasteiger partial charge on any atom is -0.489 e. The van der Waals surface area contributed by atoms with Crippen LogP contribution in [-0.4, -0.2) is 42.8 Å². The minimum atomic E-state index is -3.54. The molecule has 3 rings (SSSR count). The number of nitrogens with zero attached hydrogens (tertiary/aromatic N) is 1. The molecular weight excluding hydrogens is 386 g/mol. The number of aliphatic hydroxyl groups excluding tert-OH is 1. The fourth-order valence-corrected chi connectivity index (χ4v) is 5.03. The maximum Gasteiger partial charge on any atom is 0.217 e. The van der Waals surface area contributed by atoms with E-state index in [4.69, 9.17) is 16.3 Å². The van der Waals surface area contributed by atoms with Gasteiger partial charge in [-0.2, -0.15) is 0 Å². The Balaban J connectivity index is 1.56. The molecule has 5 nitrogen and oxygen atoms in total. The lowest BCUT2D eigenvalue weighted by molar-refractivity contribution is 0.134. The molecule has 0 amide bonds. The Morgan fingerprint density at radius 3 is 2.48 bits per heavy atom. The summed E-state index contributed by atoms with van der Waals surface area (Å²) in [5.74, 6) is 0.315. The number of aliphatic hydroxyl groups is 1. The summed E-state index contributed by atoms with van der Waals surface area (Å²) in [7, 11) is -3.54. The first-order valence-corrected chi connectivity index (χ1v) is 11.0. The molecule has 0 aromatic heterocycles. The van der Waals surface area contributed by atoms with E-state index in [1.165, 1.54) is 4.31 Å². The number of aryl methyl sites for hydroxylation is 1. The first kappa shape index (κ1) is 20.1. The highest BCUT2D eigenvalue weighted by atomic mass is 35.5. The number of hydrogen-bond acceptors (Lipinski definition) is 4. The van der Waals surface area contributed by atoms with Gasteiger partial charge in [-0.1, -0.05) is 48.0 Å². The second kappa shape index (κ2) is 8.61. The Kier molecular flexibility index (Phi) is 6.42. The van der Waals surface area contributed by atoms with Gasteiger partial charge in [0.25, 0.3) is 0 Å². The zero-order valence-corrected chi connectivity index (χ0v) is 16.8. The smallest absolute Gasteiger partial charge is 0.217 e. The zero-order valence-electron chi connectivity index (χ0n) is 15.2. The van der Waals surface area contributed by atoms with Crippen molar-refractivity contribution in [2.75, 3.05) is 18.8 Å². The molecule has 1 fully saturated rings. The van der Waals surface area contributed by atoms with E-state index in [0.717, 1.165) is 5.56 Å². The average molecular weight is 410 g/mol. The van der Waals surface area contributed by atoms with E-state index in [-0.39, 0.29) is 11.9 Å². The lowest BCUT2D eigenvalue weighted by Crippen LogP contribution is -2.43. The van der Waals surface area contributed by atoms with Gasteiger partial charge in [-0.15, -0.1) is 0 Å². The van der Waals surface area contributed by atoms with Crippen molar-refractivity contribution in [1.82, 2.24) is 4.31 Å². The fourth-order valence-electron chi connectivity index (χ4n) is 3.19. The SMILES string of the molecule is Cc1ccc(OC2CCN(S(=O)(=O)C[C@H](O)c3ccccc3)CC2)c(Cl)c1. The molecule has 7 heteroatoms. The number of sulfonamides is 1. The maximum absolute atomic E-state index is 12.6. The van der Waals surface area contributed by atoms with Crippen molar-refractivity contribution < 1.29 is 18.3 Å². The van der Waals surface area contributed by atoms with Crippen LogP contribution in [0.1, 0.15) is 30.1 Å². The predicted octanol–water partition coefficient (Wildman–Crippen LogP) is 3.56. The molecule has 2 aromatic rings. The van der Waals surface area contributed by atoms with Crippen molar-refractivity contribution in [3.8, 4) is 5.75 Å². The standard InChI is InChI=1S/C20H24ClNO4S/c1-15-7-8-20(18(21)13-15)26-17-9-11-22(12-10-17)27(24,25)14-19(23)16-5-3-2-4-6-16/h2-8,13,17,19,23H,9-12,14H2,1H3/t19-/m0/s1. The Morgan fingerprint density at radius 1 is 1.19 bits per heavy atom. The van der Waals surface area contributed by atoms with Crippen LogP contribution in [0.25, 0.3) is 0 Å². The summed E-state index contributed by atoms with van der Waals surface area (Å²) in [6.07, 6.45) is 0.0719. The third-order valence-electron chi connectivity index (χ3n) is 4.73. The molecule has 0 aliphatic carbocycles. The van der Waals surface area contributed by atoms with Crippen molar-refractivity contribution in [3.05, 3.63) is 64.7 Å². The highest BCUT2D eigenvalue weighted by molar-refractivity contribution is 7.89. The largest absolute Gasteiger partial charge is 0.489 e. The summed E-state index contributed by atoms with van der Waals surface area (Å²) in [4.78, 5) is 0. The molecule has 1 aliphatic heterocycles. The topological polar surface area (TPSA) is 66.8 Å². The number of piperidine rings is 1. The number of halogens is 1. The molecule has 0 unspecified atom stereocenters. The Bertz CT molecular complexity index is 865. The van der Waals surface area contributed by atoms with E-state index in [1.807, 2.05) is 31.2 Å². The Hall–Kier alpha value is -1.60. The summed E-state index contributed by atoms with van der Waals surface area (Å²) in [5, 5.41) is 10.8. The van der Waals surface area contributed by atoms with Gasteiger partial charge < -0.3 is 9.84 Å². The van der Waals surface area contributed by atoms with Gasteiger partial charge in [0.1, 0.15) is 11.9 Å². The quantitative estimate of drug-likeness (QED) is 0.792. The number of rotatable bonds is 6. The molecule has 1 saturated heterocycles. The highest BCUT2D eigenvalue weighted by Gasteiger charge is 2.31. The van der Waals surface area contributed by atoms with E-state index in [9.17, 15) is 13.5 Å². The van der Waals surface area contributed by atoms with Crippen LogP contribution < -0.4 is 4.74 Å². The lowest BCUT2D eigenvalue weighted by atomic mass is 10.1. The summed E-state index contributed by atoms with van der Waals surface area (Å²) in [6, 6.07) is 14.5. The van der Waals surface area contributed by atoms with Crippen LogP contribution in [0.5, 0.6) is 5.75 Å². The predicted molar refractivity (Wildman–Crippen MR) is 107 cm³/mol. The number of hydrogen-bond donors (Lipinski definition) is 1. The monoisotopic (exact) mass is 409 g/mol. The van der Waals surface area contributed by atoms with E-state index in [1.54, 1.807) is 24.3 Å². The lowest BCUT2D eigenvalue weighted by Gasteiger charge is -2.32. The second-order valence-electron chi connectivity index (χ2n) is 6.86. The normalized spacial score (nSPS) is 17.6. The van der Waals surface area contributed by atoms with Crippen LogP contribution in [0.15, 0.2) is 48.5 Å². The molecule has 0 radical (unpaired) electrons. The average Bonchev–Trinajstić information content (AvgIpc) is 2.65. The maximum atomic E-state index is 12.6. The summed E-state index contributed by atoms with van der Waals surface area (Å²) >= 11 is 6.21. The summed E-state index contributed by atoms with van der Waals surface area (Å²) in [6.45, 7) is 2.71. The van der Waals surface area contributed by atoms with Crippen molar-refractivity contribution in [2.24, 2.45) is 0 Å². The Labute approximate surface area is 165 Å². The number of ether oxygens (including phenoxy) is 1. The molecule has 1 aliphatic rings. The van der Waals surface area contributed by atoms with E-state index >= 15 is 0 Å². The third-order valence-corrected chi connectivity index (χ3v) is 6.91. The van der Waals surface area contributed by atoms with Gasteiger partial charge in [0.05, 0.1) is 16.9 Å². The third kappa shape index (κ3) is 5.23. The van der Waals surface area contributed by atoms with Crippen molar-refractivity contribution in [1.29, 1.82) is 0 Å². The van der Waals surface area contributed by atoms with Crippen LogP contribution in [0.4, 0.5) is 0 Å². The molecule has 1 N–H and O–H groups in total. The molecular formula is C20H24ClNO4S. The second-order valence-corrected chi connectivity index (χ2v) is 9.28. The Morgan fingerprint density at radius 2 is 1.85 bits per heavy atom. The first-order valence-electron chi connectivity index (χ1n) is 8.99. The molecule has 1 heterocycles. The fraction of sp³-hybridized carbons (Fsp3) is 0.400. The minimum absolute atomic E-state index is 0.0734. The molecule has 2 aromatic carbocycles. The van der Waals surface area contributed by atoms with Gasteiger partial charge in [-0.3, -0.25) is 0 Å². The summed E-state index contributed by atoms with van der Waals surface area (Å²) < 4.78 is 32.6. The van der Waals surface area contributed by atoms with E-state index < -0.39 is 16.1 Å². The molecule has 1 atom stereocenters. The first-order chi connectivity index (χ1) is 12.8.